The molecule has 0 amide bonds. The highest BCUT2D eigenvalue weighted by atomic mass is 35.5. The van der Waals surface area contributed by atoms with E-state index >= 15 is 0 Å². The van der Waals surface area contributed by atoms with Crippen LogP contribution in [-0.2, 0) is 19.4 Å². The molecule has 1 aromatic carbocycles. The number of fused-ring (bicyclic) bond motifs is 3. The van der Waals surface area contributed by atoms with Crippen LogP contribution < -0.4 is 0 Å². The molecule has 2 aromatic heterocycles. The number of halogens is 1. The number of aryl methyl sites for hydroxylation is 3. The zero-order valence-corrected chi connectivity index (χ0v) is 15.8. The normalized spacial score (nSPS) is 17.8. The highest BCUT2D eigenvalue weighted by molar-refractivity contribution is 6.31. The molecular formula is C21H24ClN3. The molecule has 0 bridgehead atoms. The van der Waals surface area contributed by atoms with Gasteiger partial charge in [-0.2, -0.15) is 0 Å². The second-order valence-electron chi connectivity index (χ2n) is 7.14. The summed E-state index contributed by atoms with van der Waals surface area (Å²) in [6.45, 7) is 6.40. The predicted molar refractivity (Wildman–Crippen MR) is 104 cm³/mol. The van der Waals surface area contributed by atoms with Crippen LogP contribution in [0.25, 0.3) is 10.9 Å². The molecule has 1 aliphatic rings. The van der Waals surface area contributed by atoms with Gasteiger partial charge in [-0.05, 0) is 69.1 Å². The molecule has 25 heavy (non-hydrogen) atoms. The van der Waals surface area contributed by atoms with Gasteiger partial charge in [0.15, 0.2) is 0 Å². The van der Waals surface area contributed by atoms with Gasteiger partial charge in [0.05, 0.1) is 0 Å². The smallest absolute Gasteiger partial charge is 0.0487 e. The highest BCUT2D eigenvalue weighted by Crippen LogP contribution is 2.37. The molecule has 0 N–H and O–H groups in total. The molecule has 0 fully saturated rings. The van der Waals surface area contributed by atoms with Crippen LogP contribution in [0.1, 0.15) is 35.5 Å². The fourth-order valence-corrected chi connectivity index (χ4v) is 4.15. The van der Waals surface area contributed by atoms with Crippen molar-refractivity contribution in [3.63, 3.8) is 0 Å². The summed E-state index contributed by atoms with van der Waals surface area (Å²) < 4.78 is 2.50. The van der Waals surface area contributed by atoms with E-state index in [1.807, 2.05) is 19.2 Å². The number of hydrogen-bond donors (Lipinski definition) is 0. The Bertz CT molecular complexity index is 911. The Morgan fingerprint density at radius 3 is 2.84 bits per heavy atom. The lowest BCUT2D eigenvalue weighted by Crippen LogP contribution is -2.31. The molecule has 0 saturated carbocycles. The van der Waals surface area contributed by atoms with E-state index in [4.69, 9.17) is 11.6 Å². The number of rotatable bonds is 3. The number of hydrogen-bond acceptors (Lipinski definition) is 2. The molecule has 4 heteroatoms. The van der Waals surface area contributed by atoms with Crippen LogP contribution in [0.4, 0.5) is 0 Å². The first kappa shape index (κ1) is 16.6. The minimum Gasteiger partial charge on any atom is -0.342 e. The van der Waals surface area contributed by atoms with E-state index in [1.54, 1.807) is 0 Å². The third-order valence-corrected chi connectivity index (χ3v) is 5.78. The van der Waals surface area contributed by atoms with Crippen molar-refractivity contribution in [1.29, 1.82) is 0 Å². The summed E-state index contributed by atoms with van der Waals surface area (Å²) in [6, 6.07) is 11.0. The predicted octanol–water partition coefficient (Wildman–Crippen LogP) is 4.79. The zero-order valence-electron chi connectivity index (χ0n) is 15.1. The minimum absolute atomic E-state index is 0.422. The van der Waals surface area contributed by atoms with Gasteiger partial charge < -0.3 is 4.57 Å². The summed E-state index contributed by atoms with van der Waals surface area (Å²) in [5.74, 6) is 0. The van der Waals surface area contributed by atoms with Crippen LogP contribution in [0, 0.1) is 6.92 Å². The van der Waals surface area contributed by atoms with Crippen molar-refractivity contribution in [2.24, 2.45) is 0 Å². The Kier molecular flexibility index (Phi) is 4.30. The van der Waals surface area contributed by atoms with Gasteiger partial charge in [0, 0.05) is 52.6 Å². The highest BCUT2D eigenvalue weighted by Gasteiger charge is 2.28. The monoisotopic (exact) mass is 353 g/mol. The van der Waals surface area contributed by atoms with E-state index in [2.05, 4.69) is 52.7 Å². The quantitative estimate of drug-likeness (QED) is 0.675. The maximum atomic E-state index is 6.30. The summed E-state index contributed by atoms with van der Waals surface area (Å²) in [6.07, 6.45) is 4.08. The molecule has 1 atom stereocenters. The lowest BCUT2D eigenvalue weighted by Gasteiger charge is -2.31. The van der Waals surface area contributed by atoms with E-state index < -0.39 is 0 Å². The second-order valence-corrected chi connectivity index (χ2v) is 7.58. The van der Waals surface area contributed by atoms with Gasteiger partial charge in [-0.1, -0.05) is 17.7 Å². The van der Waals surface area contributed by atoms with E-state index in [0.717, 1.165) is 36.6 Å². The zero-order chi connectivity index (χ0) is 17.6. The van der Waals surface area contributed by atoms with Gasteiger partial charge in [-0.25, -0.2) is 0 Å². The van der Waals surface area contributed by atoms with E-state index in [1.165, 1.54) is 27.7 Å². The van der Waals surface area contributed by atoms with Gasteiger partial charge in [-0.15, -0.1) is 0 Å². The summed E-state index contributed by atoms with van der Waals surface area (Å²) in [4.78, 5) is 6.87. The topological polar surface area (TPSA) is 21.1 Å². The third kappa shape index (κ3) is 2.96. The molecule has 3 heterocycles. The van der Waals surface area contributed by atoms with Crippen LogP contribution in [0.5, 0.6) is 0 Å². The maximum absolute atomic E-state index is 6.30. The first-order chi connectivity index (χ1) is 12.0. The number of pyridine rings is 1. The Labute approximate surface area is 154 Å². The molecule has 0 saturated heterocycles. The summed E-state index contributed by atoms with van der Waals surface area (Å²) >= 11 is 6.30. The van der Waals surface area contributed by atoms with Gasteiger partial charge >= 0.3 is 0 Å². The first-order valence-corrected chi connectivity index (χ1v) is 9.34. The average molecular weight is 354 g/mol. The average Bonchev–Trinajstić information content (AvgIpc) is 2.91. The van der Waals surface area contributed by atoms with Crippen LogP contribution in [0.15, 0.2) is 36.5 Å². The van der Waals surface area contributed by atoms with Gasteiger partial charge in [-0.3, -0.25) is 9.88 Å². The minimum atomic E-state index is 0.422. The molecule has 0 radical (unpaired) electrons. The van der Waals surface area contributed by atoms with E-state index in [-0.39, 0.29) is 0 Å². The van der Waals surface area contributed by atoms with Gasteiger partial charge in [0.25, 0.3) is 0 Å². The van der Waals surface area contributed by atoms with Crippen LogP contribution >= 0.6 is 11.6 Å². The van der Waals surface area contributed by atoms with Crippen molar-refractivity contribution >= 4 is 22.5 Å². The van der Waals surface area contributed by atoms with Gasteiger partial charge in [0.2, 0.25) is 0 Å². The Balaban J connectivity index is 1.77. The second kappa shape index (κ2) is 6.47. The molecule has 3 aromatic rings. The molecule has 1 aliphatic heterocycles. The SMILES string of the molecule is Cc1ccc(CCn2c3c(c4cc(Cl)ccc42)CCN(C)C3C)cn1. The standard InChI is InChI=1S/C21H24ClN3/c1-14-4-5-16(13-23-14)8-11-25-20-7-6-17(22)12-19(20)18-9-10-24(3)15(2)21(18)25/h4-7,12-13,15H,8-11H2,1-3H3. The van der Waals surface area contributed by atoms with Crippen molar-refractivity contribution in [3.8, 4) is 0 Å². The number of benzene rings is 1. The Hall–Kier alpha value is -1.84. The van der Waals surface area contributed by atoms with Crippen LogP contribution in [0.2, 0.25) is 5.02 Å². The van der Waals surface area contributed by atoms with Crippen molar-refractivity contribution < 1.29 is 0 Å². The van der Waals surface area contributed by atoms with Crippen molar-refractivity contribution in [2.45, 2.75) is 39.3 Å². The Morgan fingerprint density at radius 1 is 1.24 bits per heavy atom. The van der Waals surface area contributed by atoms with E-state index in [0.29, 0.717) is 6.04 Å². The molecule has 0 aliphatic carbocycles. The molecule has 130 valence electrons. The molecule has 1 unspecified atom stereocenters. The number of likely N-dealkylation sites (N-methyl/N-ethyl adjacent to an activating group) is 1. The van der Waals surface area contributed by atoms with Crippen LogP contribution in [0.3, 0.4) is 0 Å². The van der Waals surface area contributed by atoms with E-state index in [9.17, 15) is 0 Å². The molecular weight excluding hydrogens is 330 g/mol. The summed E-state index contributed by atoms with van der Waals surface area (Å²) in [5.41, 5.74) is 6.58. The lowest BCUT2D eigenvalue weighted by molar-refractivity contribution is 0.238. The number of nitrogens with zero attached hydrogens (tertiary/aromatic N) is 3. The Morgan fingerprint density at radius 2 is 2.08 bits per heavy atom. The van der Waals surface area contributed by atoms with Crippen molar-refractivity contribution in [3.05, 3.63) is 64.1 Å². The molecule has 4 rings (SSSR count). The fourth-order valence-electron chi connectivity index (χ4n) is 3.98. The maximum Gasteiger partial charge on any atom is 0.0487 e. The fraction of sp³-hybridized carbons (Fsp3) is 0.381. The summed E-state index contributed by atoms with van der Waals surface area (Å²) in [7, 11) is 2.21. The summed E-state index contributed by atoms with van der Waals surface area (Å²) in [5, 5.41) is 2.14. The van der Waals surface area contributed by atoms with Crippen LogP contribution in [-0.4, -0.2) is 28.0 Å². The lowest BCUT2D eigenvalue weighted by atomic mass is 9.99. The first-order valence-electron chi connectivity index (χ1n) is 8.97. The largest absolute Gasteiger partial charge is 0.342 e. The van der Waals surface area contributed by atoms with Gasteiger partial charge in [0.1, 0.15) is 0 Å². The molecule has 3 nitrogen and oxygen atoms in total. The van der Waals surface area contributed by atoms with Crippen molar-refractivity contribution in [1.82, 2.24) is 14.5 Å². The van der Waals surface area contributed by atoms with Crippen molar-refractivity contribution in [2.75, 3.05) is 13.6 Å². The number of aromatic nitrogens is 2. The third-order valence-electron chi connectivity index (χ3n) is 5.54. The molecule has 0 spiro atoms.